The van der Waals surface area contributed by atoms with Crippen molar-refractivity contribution in [3.05, 3.63) is 27.4 Å². The number of aryl methyl sites for hydroxylation is 1. The first-order chi connectivity index (χ1) is 9.96. The number of carbonyl (C=O) groups is 1. The maximum absolute atomic E-state index is 12.3. The van der Waals surface area contributed by atoms with Crippen LogP contribution in [-0.4, -0.2) is 32.1 Å². The van der Waals surface area contributed by atoms with Gasteiger partial charge in [0.05, 0.1) is 12.1 Å². The molecule has 0 saturated carbocycles. The first-order valence-electron chi connectivity index (χ1n) is 7.38. The maximum atomic E-state index is 12.3. The van der Waals surface area contributed by atoms with Crippen LogP contribution in [0, 0.1) is 0 Å². The second-order valence-electron chi connectivity index (χ2n) is 4.92. The van der Waals surface area contributed by atoms with Gasteiger partial charge in [0.1, 0.15) is 0 Å². The van der Waals surface area contributed by atoms with Gasteiger partial charge >= 0.3 is 11.7 Å². The highest BCUT2D eigenvalue weighted by Gasteiger charge is 2.20. The molecule has 0 spiro atoms. The minimum absolute atomic E-state index is 0.0170. The summed E-state index contributed by atoms with van der Waals surface area (Å²) in [6.45, 7) is 7.92. The molecule has 0 aliphatic heterocycles. The Bertz CT molecular complexity index is 555. The molecule has 0 bridgehead atoms. The van der Waals surface area contributed by atoms with Crippen LogP contribution in [0.3, 0.4) is 0 Å². The third kappa shape index (κ3) is 4.33. The van der Waals surface area contributed by atoms with Gasteiger partial charge in [-0.15, -0.1) is 0 Å². The van der Waals surface area contributed by atoms with Crippen molar-refractivity contribution in [2.24, 2.45) is 0 Å². The van der Waals surface area contributed by atoms with Crippen LogP contribution in [0.25, 0.3) is 0 Å². The van der Waals surface area contributed by atoms with E-state index in [0.29, 0.717) is 24.1 Å². The summed E-state index contributed by atoms with van der Waals surface area (Å²) in [6.07, 6.45) is 1.13. The van der Waals surface area contributed by atoms with E-state index in [0.717, 1.165) is 17.2 Å². The van der Waals surface area contributed by atoms with E-state index in [-0.39, 0.29) is 18.2 Å². The van der Waals surface area contributed by atoms with E-state index < -0.39 is 5.97 Å². The molecule has 1 rings (SSSR count). The zero-order valence-corrected chi connectivity index (χ0v) is 14.0. The minimum Gasteiger partial charge on any atom is -0.481 e. The van der Waals surface area contributed by atoms with Crippen molar-refractivity contribution < 1.29 is 9.90 Å². The van der Waals surface area contributed by atoms with E-state index in [1.165, 1.54) is 0 Å². The zero-order valence-electron chi connectivity index (χ0n) is 13.2. The van der Waals surface area contributed by atoms with E-state index >= 15 is 0 Å². The summed E-state index contributed by atoms with van der Waals surface area (Å²) in [5.74, 6) is 0.925. The van der Waals surface area contributed by atoms with Gasteiger partial charge in [0, 0.05) is 23.1 Å². The lowest BCUT2D eigenvalue weighted by Gasteiger charge is -2.22. The number of aliphatic carboxylic acids is 1. The third-order valence-electron chi connectivity index (χ3n) is 3.43. The predicted octanol–water partition coefficient (Wildman–Crippen LogP) is 2.31. The van der Waals surface area contributed by atoms with Crippen LogP contribution in [0.15, 0.2) is 4.79 Å². The summed E-state index contributed by atoms with van der Waals surface area (Å²) in [5, 5.41) is 9.13. The normalized spacial score (nSPS) is 12.4. The molecule has 0 amide bonds. The van der Waals surface area contributed by atoms with E-state index in [2.05, 4.69) is 11.9 Å². The van der Waals surface area contributed by atoms with Gasteiger partial charge in [-0.05, 0) is 25.5 Å². The highest BCUT2D eigenvalue weighted by molar-refractivity contribution is 7.99. The molecule has 6 heteroatoms. The highest BCUT2D eigenvalue weighted by atomic mass is 32.2. The largest absolute Gasteiger partial charge is 0.481 e. The Morgan fingerprint density at radius 2 is 2.00 bits per heavy atom. The Labute approximate surface area is 129 Å². The van der Waals surface area contributed by atoms with Crippen molar-refractivity contribution in [1.82, 2.24) is 9.55 Å². The van der Waals surface area contributed by atoms with Crippen molar-refractivity contribution in [1.29, 1.82) is 0 Å². The number of aromatic nitrogens is 2. The van der Waals surface area contributed by atoms with E-state index in [1.807, 2.05) is 20.8 Å². The molecule has 1 aromatic rings. The summed E-state index contributed by atoms with van der Waals surface area (Å²) >= 11 is 1.76. The number of rotatable bonds is 8. The minimum atomic E-state index is -0.887. The van der Waals surface area contributed by atoms with Crippen molar-refractivity contribution in [3.63, 3.8) is 0 Å². The average Bonchev–Trinajstić information content (AvgIpc) is 2.44. The smallest absolute Gasteiger partial charge is 0.348 e. The number of nitrogens with zero attached hydrogens (tertiary/aromatic N) is 2. The Morgan fingerprint density at radius 1 is 1.33 bits per heavy atom. The monoisotopic (exact) mass is 312 g/mol. The molecule has 21 heavy (non-hydrogen) atoms. The summed E-state index contributed by atoms with van der Waals surface area (Å²) in [4.78, 5) is 27.6. The molecule has 0 aliphatic rings. The summed E-state index contributed by atoms with van der Waals surface area (Å²) < 4.78 is 1.68. The van der Waals surface area contributed by atoms with Crippen molar-refractivity contribution in [2.75, 3.05) is 11.5 Å². The lowest BCUT2D eigenvalue weighted by molar-refractivity contribution is -0.136. The molecular weight excluding hydrogens is 288 g/mol. The number of carboxylic acid groups (broad SMARTS) is 1. The molecule has 0 radical (unpaired) electrons. The second-order valence-corrected chi connectivity index (χ2v) is 6.24. The van der Waals surface area contributed by atoms with Crippen LogP contribution in [0.1, 0.15) is 50.7 Å². The van der Waals surface area contributed by atoms with Gasteiger partial charge in [-0.3, -0.25) is 9.36 Å². The summed E-state index contributed by atoms with van der Waals surface area (Å²) in [5.41, 5.74) is 1.88. The Balaban J connectivity index is 3.42. The number of thioether (sulfide) groups is 1. The number of carboxylic acids is 1. The van der Waals surface area contributed by atoms with Gasteiger partial charge in [-0.25, -0.2) is 4.79 Å². The fourth-order valence-electron chi connectivity index (χ4n) is 2.51. The van der Waals surface area contributed by atoms with E-state index in [4.69, 9.17) is 5.11 Å². The van der Waals surface area contributed by atoms with Crippen LogP contribution in [-0.2, 0) is 24.1 Å². The average molecular weight is 312 g/mol. The fraction of sp³-hybridized carbons (Fsp3) is 0.667. The maximum Gasteiger partial charge on any atom is 0.348 e. The Hall–Kier alpha value is -1.30. The fourth-order valence-corrected chi connectivity index (χ4v) is 3.24. The molecule has 5 nitrogen and oxygen atoms in total. The second kappa shape index (κ2) is 8.22. The zero-order chi connectivity index (χ0) is 16.0. The topological polar surface area (TPSA) is 72.2 Å². The van der Waals surface area contributed by atoms with Crippen LogP contribution < -0.4 is 5.69 Å². The van der Waals surface area contributed by atoms with Crippen molar-refractivity contribution in [3.8, 4) is 0 Å². The predicted molar refractivity (Wildman–Crippen MR) is 86.3 cm³/mol. The molecule has 0 aliphatic carbocycles. The quantitative estimate of drug-likeness (QED) is 0.797. The Morgan fingerprint density at radius 3 is 2.48 bits per heavy atom. The first-order valence-corrected chi connectivity index (χ1v) is 8.54. The van der Waals surface area contributed by atoms with Crippen LogP contribution >= 0.6 is 11.8 Å². The van der Waals surface area contributed by atoms with Crippen LogP contribution in [0.5, 0.6) is 0 Å². The van der Waals surface area contributed by atoms with Gasteiger partial charge in [0.2, 0.25) is 0 Å². The molecule has 0 aromatic carbocycles. The van der Waals surface area contributed by atoms with Gasteiger partial charge in [0.25, 0.3) is 0 Å². The van der Waals surface area contributed by atoms with Crippen molar-refractivity contribution >= 4 is 17.7 Å². The van der Waals surface area contributed by atoms with E-state index in [9.17, 15) is 9.59 Å². The van der Waals surface area contributed by atoms with Crippen LogP contribution in [0.2, 0.25) is 0 Å². The molecule has 1 unspecified atom stereocenters. The molecule has 1 aromatic heterocycles. The molecule has 118 valence electrons. The SMILES string of the molecule is CCSCC(C)n1c(CC)c(CC(=O)O)c(CC)nc1=O. The lowest BCUT2D eigenvalue weighted by atomic mass is 10.0. The molecule has 0 saturated heterocycles. The van der Waals surface area contributed by atoms with Gasteiger partial charge < -0.3 is 5.11 Å². The van der Waals surface area contributed by atoms with Gasteiger partial charge in [0.15, 0.2) is 0 Å². The number of hydrogen-bond acceptors (Lipinski definition) is 4. The van der Waals surface area contributed by atoms with Gasteiger partial charge in [-0.1, -0.05) is 20.8 Å². The summed E-state index contributed by atoms with van der Waals surface area (Å²) in [7, 11) is 0. The third-order valence-corrected chi connectivity index (χ3v) is 4.55. The molecule has 1 heterocycles. The van der Waals surface area contributed by atoms with Crippen LogP contribution in [0.4, 0.5) is 0 Å². The first kappa shape index (κ1) is 17.8. The molecule has 1 N–H and O–H groups in total. The molecule has 1 atom stereocenters. The molecule has 0 fully saturated rings. The lowest BCUT2D eigenvalue weighted by Crippen LogP contribution is -2.33. The summed E-state index contributed by atoms with van der Waals surface area (Å²) in [6, 6.07) is 0.0170. The highest BCUT2D eigenvalue weighted by Crippen LogP contribution is 2.19. The number of hydrogen-bond donors (Lipinski definition) is 1. The standard InChI is InChI=1S/C15H24N2O3S/c1-5-12-11(8-14(18)19)13(6-2)17(15(20)16-12)10(4)9-21-7-3/h10H,5-9H2,1-4H3,(H,18,19). The van der Waals surface area contributed by atoms with Gasteiger partial charge in [-0.2, -0.15) is 16.7 Å². The molecular formula is C15H24N2O3S. The van der Waals surface area contributed by atoms with E-state index in [1.54, 1.807) is 16.3 Å². The Kier molecular flexibility index (Phi) is 6.95. The van der Waals surface area contributed by atoms with Crippen molar-refractivity contribution in [2.45, 2.75) is 53.0 Å².